The van der Waals surface area contributed by atoms with Gasteiger partial charge in [-0.1, -0.05) is 26.7 Å². The molecule has 2 N–H and O–H groups in total. The zero-order valence-corrected chi connectivity index (χ0v) is 11.8. The van der Waals surface area contributed by atoms with Crippen molar-refractivity contribution in [2.45, 2.75) is 64.0 Å². The summed E-state index contributed by atoms with van der Waals surface area (Å²) in [7, 11) is 0. The standard InChI is InChI=1S/C14H24N2O3/c1-10(2)11-6-5-9-16(11)13(19)15-14(12(17)18)7-3-4-8-14/h10-11H,3-9H2,1-2H3,(H,15,19)(H,17,18). The van der Waals surface area contributed by atoms with Gasteiger partial charge in [-0.15, -0.1) is 0 Å². The second-order valence-electron chi connectivity index (χ2n) is 6.17. The highest BCUT2D eigenvalue weighted by Gasteiger charge is 2.44. The lowest BCUT2D eigenvalue weighted by Gasteiger charge is -2.32. The molecule has 0 bridgehead atoms. The molecule has 0 aromatic carbocycles. The van der Waals surface area contributed by atoms with Crippen molar-refractivity contribution in [1.82, 2.24) is 10.2 Å². The van der Waals surface area contributed by atoms with Gasteiger partial charge in [-0.3, -0.25) is 0 Å². The molecule has 1 atom stereocenters. The van der Waals surface area contributed by atoms with Crippen LogP contribution in [0.4, 0.5) is 4.79 Å². The first kappa shape index (κ1) is 14.2. The number of rotatable bonds is 3. The topological polar surface area (TPSA) is 69.6 Å². The van der Waals surface area contributed by atoms with Crippen LogP contribution in [-0.4, -0.2) is 40.1 Å². The predicted octanol–water partition coefficient (Wildman–Crippen LogP) is 2.21. The van der Waals surface area contributed by atoms with Gasteiger partial charge in [-0.2, -0.15) is 0 Å². The fraction of sp³-hybridized carbons (Fsp3) is 0.857. The smallest absolute Gasteiger partial charge is 0.329 e. The van der Waals surface area contributed by atoms with E-state index in [-0.39, 0.29) is 12.1 Å². The summed E-state index contributed by atoms with van der Waals surface area (Å²) >= 11 is 0. The van der Waals surface area contributed by atoms with Crippen LogP contribution in [0.1, 0.15) is 52.4 Å². The van der Waals surface area contributed by atoms with Crippen molar-refractivity contribution < 1.29 is 14.7 Å². The number of nitrogens with zero attached hydrogens (tertiary/aromatic N) is 1. The summed E-state index contributed by atoms with van der Waals surface area (Å²) in [6, 6.07) is 0.0488. The zero-order chi connectivity index (χ0) is 14.0. The Hall–Kier alpha value is -1.26. The van der Waals surface area contributed by atoms with E-state index in [4.69, 9.17) is 0 Å². The van der Waals surface area contributed by atoms with Crippen molar-refractivity contribution in [2.24, 2.45) is 5.92 Å². The van der Waals surface area contributed by atoms with E-state index in [9.17, 15) is 14.7 Å². The Morgan fingerprint density at radius 3 is 2.42 bits per heavy atom. The van der Waals surface area contributed by atoms with E-state index in [2.05, 4.69) is 19.2 Å². The molecule has 5 nitrogen and oxygen atoms in total. The number of carbonyl (C=O) groups is 2. The lowest BCUT2D eigenvalue weighted by Crippen LogP contribution is -2.57. The maximum Gasteiger partial charge on any atom is 0.329 e. The predicted molar refractivity (Wildman–Crippen MR) is 71.9 cm³/mol. The van der Waals surface area contributed by atoms with Gasteiger partial charge in [0.05, 0.1) is 0 Å². The number of carbonyl (C=O) groups excluding carboxylic acids is 1. The summed E-state index contributed by atoms with van der Waals surface area (Å²) in [5.41, 5.74) is -1.03. The Morgan fingerprint density at radius 2 is 1.89 bits per heavy atom. The number of hydrogen-bond donors (Lipinski definition) is 2. The highest BCUT2D eigenvalue weighted by Crippen LogP contribution is 2.31. The Morgan fingerprint density at radius 1 is 1.26 bits per heavy atom. The Balaban J connectivity index is 2.05. The van der Waals surface area contributed by atoms with Crippen LogP contribution in [0.2, 0.25) is 0 Å². The number of hydrogen-bond acceptors (Lipinski definition) is 2. The molecule has 2 amide bonds. The zero-order valence-electron chi connectivity index (χ0n) is 11.8. The molecule has 0 radical (unpaired) electrons. The molecule has 5 heteroatoms. The maximum absolute atomic E-state index is 12.4. The van der Waals surface area contributed by atoms with Crippen LogP contribution >= 0.6 is 0 Å². The molecule has 1 aliphatic heterocycles. The monoisotopic (exact) mass is 268 g/mol. The number of urea groups is 1. The molecule has 2 aliphatic rings. The van der Waals surface area contributed by atoms with Crippen LogP contribution in [0, 0.1) is 5.92 Å². The van der Waals surface area contributed by atoms with Crippen LogP contribution < -0.4 is 5.32 Å². The van der Waals surface area contributed by atoms with Crippen LogP contribution in [0.15, 0.2) is 0 Å². The fourth-order valence-electron chi connectivity index (χ4n) is 3.39. The average molecular weight is 268 g/mol. The minimum absolute atomic E-state index is 0.194. The summed E-state index contributed by atoms with van der Waals surface area (Å²) in [5.74, 6) is -0.476. The number of amides is 2. The first-order chi connectivity index (χ1) is 8.96. The van der Waals surface area contributed by atoms with Gasteiger partial charge in [0.25, 0.3) is 0 Å². The molecule has 1 saturated heterocycles. The SMILES string of the molecule is CC(C)C1CCCN1C(=O)NC1(C(=O)O)CCCC1. The van der Waals surface area contributed by atoms with Crippen LogP contribution in [0.3, 0.4) is 0 Å². The Labute approximate surface area is 114 Å². The first-order valence-electron chi connectivity index (χ1n) is 7.28. The highest BCUT2D eigenvalue weighted by atomic mass is 16.4. The maximum atomic E-state index is 12.4. The van der Waals surface area contributed by atoms with E-state index in [0.717, 1.165) is 32.2 Å². The van der Waals surface area contributed by atoms with Crippen molar-refractivity contribution >= 4 is 12.0 Å². The van der Waals surface area contributed by atoms with Crippen molar-refractivity contribution in [1.29, 1.82) is 0 Å². The second kappa shape index (κ2) is 5.39. The van der Waals surface area contributed by atoms with E-state index in [0.29, 0.717) is 18.8 Å². The molecule has 108 valence electrons. The van der Waals surface area contributed by atoms with Gasteiger partial charge in [0.2, 0.25) is 0 Å². The summed E-state index contributed by atoms with van der Waals surface area (Å²) < 4.78 is 0. The molecular formula is C14H24N2O3. The molecule has 1 aliphatic carbocycles. The third kappa shape index (κ3) is 2.69. The molecule has 1 heterocycles. The number of aliphatic carboxylic acids is 1. The molecule has 0 aromatic rings. The van der Waals surface area contributed by atoms with E-state index >= 15 is 0 Å². The molecule has 1 saturated carbocycles. The van der Waals surface area contributed by atoms with E-state index in [1.54, 1.807) is 0 Å². The molecule has 0 aromatic heterocycles. The molecular weight excluding hydrogens is 244 g/mol. The Kier molecular flexibility index (Phi) is 4.02. The van der Waals surface area contributed by atoms with Crippen LogP contribution in [0.25, 0.3) is 0 Å². The average Bonchev–Trinajstić information content (AvgIpc) is 2.97. The lowest BCUT2D eigenvalue weighted by atomic mass is 9.98. The van der Waals surface area contributed by atoms with Crippen LogP contribution in [-0.2, 0) is 4.79 Å². The van der Waals surface area contributed by atoms with Gasteiger partial charge >= 0.3 is 12.0 Å². The summed E-state index contributed by atoms with van der Waals surface area (Å²) in [6.07, 6.45) is 4.88. The second-order valence-corrected chi connectivity index (χ2v) is 6.17. The van der Waals surface area contributed by atoms with E-state index in [1.807, 2.05) is 4.90 Å². The largest absolute Gasteiger partial charge is 0.480 e. The van der Waals surface area contributed by atoms with E-state index in [1.165, 1.54) is 0 Å². The van der Waals surface area contributed by atoms with Crippen molar-refractivity contribution in [3.63, 3.8) is 0 Å². The first-order valence-corrected chi connectivity index (χ1v) is 7.28. The summed E-state index contributed by atoms with van der Waals surface area (Å²) in [5, 5.41) is 12.2. The minimum atomic E-state index is -1.03. The molecule has 2 rings (SSSR count). The molecule has 19 heavy (non-hydrogen) atoms. The van der Waals surface area contributed by atoms with Gasteiger partial charge in [-0.05, 0) is 31.6 Å². The summed E-state index contributed by atoms with van der Waals surface area (Å²) in [6.45, 7) is 4.96. The number of carboxylic acid groups (broad SMARTS) is 1. The third-order valence-corrected chi connectivity index (χ3v) is 4.54. The quantitative estimate of drug-likeness (QED) is 0.824. The highest BCUT2D eigenvalue weighted by molar-refractivity contribution is 5.86. The van der Waals surface area contributed by atoms with Gasteiger partial charge in [0.15, 0.2) is 0 Å². The normalized spacial score (nSPS) is 25.8. The summed E-state index contributed by atoms with van der Waals surface area (Å²) in [4.78, 5) is 25.7. The van der Waals surface area contributed by atoms with Crippen molar-refractivity contribution in [3.8, 4) is 0 Å². The van der Waals surface area contributed by atoms with Crippen molar-refractivity contribution in [2.75, 3.05) is 6.54 Å². The van der Waals surface area contributed by atoms with Crippen LogP contribution in [0.5, 0.6) is 0 Å². The third-order valence-electron chi connectivity index (χ3n) is 4.54. The molecule has 0 spiro atoms. The Bertz CT molecular complexity index is 362. The van der Waals surface area contributed by atoms with Gasteiger partial charge in [0, 0.05) is 12.6 Å². The molecule has 2 fully saturated rings. The van der Waals surface area contributed by atoms with Crippen molar-refractivity contribution in [3.05, 3.63) is 0 Å². The van der Waals surface area contributed by atoms with Gasteiger partial charge in [0.1, 0.15) is 5.54 Å². The van der Waals surface area contributed by atoms with E-state index < -0.39 is 11.5 Å². The van der Waals surface area contributed by atoms with Gasteiger partial charge in [-0.25, -0.2) is 9.59 Å². The minimum Gasteiger partial charge on any atom is -0.480 e. The number of nitrogens with one attached hydrogen (secondary N) is 1. The van der Waals surface area contributed by atoms with Gasteiger partial charge < -0.3 is 15.3 Å². The number of likely N-dealkylation sites (tertiary alicyclic amines) is 1. The lowest BCUT2D eigenvalue weighted by molar-refractivity contribution is -0.144. The molecule has 1 unspecified atom stereocenters. The fourth-order valence-corrected chi connectivity index (χ4v) is 3.39. The number of carboxylic acids is 1.